The molecule has 0 spiro atoms. The fourth-order valence-corrected chi connectivity index (χ4v) is 2.09. The van der Waals surface area contributed by atoms with Gasteiger partial charge in [-0.15, -0.1) is 0 Å². The van der Waals surface area contributed by atoms with Crippen molar-refractivity contribution in [1.29, 1.82) is 0 Å². The minimum absolute atomic E-state index is 0.0215. The predicted molar refractivity (Wildman–Crippen MR) is 64.0 cm³/mol. The number of allylic oxidation sites excluding steroid dienone is 1. The Bertz CT molecular complexity index is 339. The van der Waals surface area contributed by atoms with Gasteiger partial charge in [0.1, 0.15) is 0 Å². The lowest BCUT2D eigenvalue weighted by Gasteiger charge is -2.33. The molecule has 0 radical (unpaired) electrons. The number of amides is 1. The van der Waals surface area contributed by atoms with Crippen molar-refractivity contribution >= 4 is 5.91 Å². The van der Waals surface area contributed by atoms with E-state index in [9.17, 15) is 18.0 Å². The lowest BCUT2D eigenvalue weighted by Crippen LogP contribution is -2.42. The van der Waals surface area contributed by atoms with Gasteiger partial charge < -0.3 is 4.90 Å². The van der Waals surface area contributed by atoms with Gasteiger partial charge in [0, 0.05) is 18.7 Å². The van der Waals surface area contributed by atoms with Gasteiger partial charge in [-0.25, -0.2) is 0 Å². The second-order valence-electron chi connectivity index (χ2n) is 4.87. The largest absolute Gasteiger partial charge is 0.391 e. The van der Waals surface area contributed by atoms with Crippen LogP contribution in [-0.2, 0) is 4.79 Å². The van der Waals surface area contributed by atoms with Crippen molar-refractivity contribution in [1.82, 2.24) is 4.90 Å². The van der Waals surface area contributed by atoms with Crippen LogP contribution in [0.15, 0.2) is 11.1 Å². The summed E-state index contributed by atoms with van der Waals surface area (Å²) in [5, 5.41) is 0. The third kappa shape index (κ3) is 3.50. The molecule has 0 unspecified atom stereocenters. The second-order valence-corrected chi connectivity index (χ2v) is 4.87. The molecule has 1 rings (SSSR count). The normalized spacial score (nSPS) is 19.8. The Kier molecular flexibility index (Phi) is 4.82. The molecule has 1 saturated heterocycles. The van der Waals surface area contributed by atoms with Gasteiger partial charge in [0.25, 0.3) is 0 Å². The van der Waals surface area contributed by atoms with Crippen LogP contribution < -0.4 is 0 Å². The fourth-order valence-electron chi connectivity index (χ4n) is 2.09. The number of carbonyl (C=O) groups is 1. The molecule has 18 heavy (non-hydrogen) atoms. The number of piperidine rings is 1. The number of rotatable bonds is 2. The maximum Gasteiger partial charge on any atom is 0.391 e. The van der Waals surface area contributed by atoms with E-state index >= 15 is 0 Å². The summed E-state index contributed by atoms with van der Waals surface area (Å²) in [6.45, 7) is 6.00. The number of hydrogen-bond donors (Lipinski definition) is 0. The molecule has 0 aliphatic carbocycles. The van der Waals surface area contributed by atoms with Crippen molar-refractivity contribution in [3.8, 4) is 0 Å². The number of nitrogens with zero attached hydrogens (tertiary/aromatic N) is 1. The SMILES string of the molecule is CC/C(C)=C(/C)C(=O)N1CCC(C(F)(F)F)CC1. The van der Waals surface area contributed by atoms with Crippen molar-refractivity contribution in [2.45, 2.75) is 46.2 Å². The number of halogens is 3. The van der Waals surface area contributed by atoms with E-state index < -0.39 is 12.1 Å². The van der Waals surface area contributed by atoms with Gasteiger partial charge in [0.05, 0.1) is 5.92 Å². The number of hydrogen-bond acceptors (Lipinski definition) is 1. The monoisotopic (exact) mass is 263 g/mol. The Hall–Kier alpha value is -1.00. The zero-order chi connectivity index (χ0) is 13.9. The van der Waals surface area contributed by atoms with E-state index in [2.05, 4.69) is 0 Å². The molecule has 1 aliphatic heterocycles. The fraction of sp³-hybridized carbons (Fsp3) is 0.769. The quantitative estimate of drug-likeness (QED) is 0.698. The minimum Gasteiger partial charge on any atom is -0.339 e. The molecule has 104 valence electrons. The van der Waals surface area contributed by atoms with Crippen molar-refractivity contribution in [3.63, 3.8) is 0 Å². The molecule has 1 amide bonds. The highest BCUT2D eigenvalue weighted by Crippen LogP contribution is 2.34. The van der Waals surface area contributed by atoms with E-state index in [1.165, 1.54) is 4.90 Å². The summed E-state index contributed by atoms with van der Waals surface area (Å²) in [5.74, 6) is -1.37. The molecule has 1 heterocycles. The number of likely N-dealkylation sites (tertiary alicyclic amines) is 1. The topological polar surface area (TPSA) is 20.3 Å². The summed E-state index contributed by atoms with van der Waals surface area (Å²) in [6.07, 6.45) is -3.29. The summed E-state index contributed by atoms with van der Waals surface area (Å²) in [4.78, 5) is 13.6. The first kappa shape index (κ1) is 15.1. The number of alkyl halides is 3. The van der Waals surface area contributed by atoms with Gasteiger partial charge in [0.15, 0.2) is 0 Å². The third-order valence-electron chi connectivity index (χ3n) is 3.74. The van der Waals surface area contributed by atoms with Crippen LogP contribution in [0.5, 0.6) is 0 Å². The Balaban J connectivity index is 2.61. The lowest BCUT2D eigenvalue weighted by molar-refractivity contribution is -0.186. The average molecular weight is 263 g/mol. The second kappa shape index (κ2) is 5.76. The molecule has 5 heteroatoms. The third-order valence-corrected chi connectivity index (χ3v) is 3.74. The summed E-state index contributed by atoms with van der Waals surface area (Å²) in [6, 6.07) is 0. The summed E-state index contributed by atoms with van der Waals surface area (Å²) < 4.78 is 37.5. The van der Waals surface area contributed by atoms with Crippen molar-refractivity contribution in [2.75, 3.05) is 13.1 Å². The maximum atomic E-state index is 12.5. The van der Waals surface area contributed by atoms with Crippen LogP contribution in [0.1, 0.15) is 40.0 Å². The molecule has 0 aromatic carbocycles. The van der Waals surface area contributed by atoms with E-state index in [1.54, 1.807) is 6.92 Å². The van der Waals surface area contributed by atoms with Crippen LogP contribution in [0.4, 0.5) is 13.2 Å². The molecule has 1 aliphatic rings. The van der Waals surface area contributed by atoms with Gasteiger partial charge in [-0.2, -0.15) is 13.2 Å². The highest BCUT2D eigenvalue weighted by molar-refractivity contribution is 5.93. The standard InChI is InChI=1S/C13H20F3NO/c1-4-9(2)10(3)12(18)17-7-5-11(6-8-17)13(14,15)16/h11H,4-8H2,1-3H3/b10-9-. The first-order valence-electron chi connectivity index (χ1n) is 6.29. The van der Waals surface area contributed by atoms with E-state index in [0.29, 0.717) is 5.57 Å². The zero-order valence-corrected chi connectivity index (χ0v) is 11.1. The predicted octanol–water partition coefficient (Wildman–Crippen LogP) is 3.53. The first-order valence-corrected chi connectivity index (χ1v) is 6.29. The van der Waals surface area contributed by atoms with Crippen molar-refractivity contribution in [3.05, 3.63) is 11.1 Å². The molecule has 1 fully saturated rings. The van der Waals surface area contributed by atoms with Gasteiger partial charge in [-0.1, -0.05) is 12.5 Å². The summed E-state index contributed by atoms with van der Waals surface area (Å²) in [5.41, 5.74) is 1.67. The van der Waals surface area contributed by atoms with Crippen LogP contribution in [-0.4, -0.2) is 30.1 Å². The average Bonchev–Trinajstić information content (AvgIpc) is 2.35. The Morgan fingerprint density at radius 1 is 1.22 bits per heavy atom. The van der Waals surface area contributed by atoms with Gasteiger partial charge in [-0.3, -0.25) is 4.79 Å². The van der Waals surface area contributed by atoms with Crippen LogP contribution >= 0.6 is 0 Å². The summed E-state index contributed by atoms with van der Waals surface area (Å²) in [7, 11) is 0. The molecular weight excluding hydrogens is 243 g/mol. The molecular formula is C13H20F3NO. The van der Waals surface area contributed by atoms with Crippen LogP contribution in [0.2, 0.25) is 0 Å². The Morgan fingerprint density at radius 3 is 2.11 bits per heavy atom. The molecule has 0 saturated carbocycles. The molecule has 0 aromatic heterocycles. The molecule has 0 N–H and O–H groups in total. The van der Waals surface area contributed by atoms with E-state index in [1.807, 2.05) is 13.8 Å². The number of carbonyl (C=O) groups excluding carboxylic acids is 1. The maximum absolute atomic E-state index is 12.5. The molecule has 0 bridgehead atoms. The molecule has 0 aromatic rings. The van der Waals surface area contributed by atoms with E-state index in [0.717, 1.165) is 12.0 Å². The minimum atomic E-state index is -4.13. The van der Waals surface area contributed by atoms with Crippen LogP contribution in [0.25, 0.3) is 0 Å². The zero-order valence-electron chi connectivity index (χ0n) is 11.1. The van der Waals surface area contributed by atoms with Crippen LogP contribution in [0.3, 0.4) is 0 Å². The van der Waals surface area contributed by atoms with Gasteiger partial charge in [-0.05, 0) is 33.1 Å². The smallest absolute Gasteiger partial charge is 0.339 e. The van der Waals surface area contributed by atoms with Crippen molar-refractivity contribution < 1.29 is 18.0 Å². The van der Waals surface area contributed by atoms with E-state index in [4.69, 9.17) is 0 Å². The highest BCUT2D eigenvalue weighted by atomic mass is 19.4. The highest BCUT2D eigenvalue weighted by Gasteiger charge is 2.41. The van der Waals surface area contributed by atoms with E-state index in [-0.39, 0.29) is 31.8 Å². The van der Waals surface area contributed by atoms with Gasteiger partial charge in [0.2, 0.25) is 5.91 Å². The molecule has 2 nitrogen and oxygen atoms in total. The summed E-state index contributed by atoms with van der Waals surface area (Å²) >= 11 is 0. The Morgan fingerprint density at radius 2 is 1.72 bits per heavy atom. The first-order chi connectivity index (χ1) is 8.27. The molecule has 0 atom stereocenters. The lowest BCUT2D eigenvalue weighted by atomic mass is 9.95. The van der Waals surface area contributed by atoms with Crippen molar-refractivity contribution in [2.24, 2.45) is 5.92 Å². The van der Waals surface area contributed by atoms with Crippen LogP contribution in [0, 0.1) is 5.92 Å². The van der Waals surface area contributed by atoms with Gasteiger partial charge >= 0.3 is 6.18 Å². The Labute approximate surface area is 106 Å².